The summed E-state index contributed by atoms with van der Waals surface area (Å²) in [5.74, 6) is -5.87. The van der Waals surface area contributed by atoms with Crippen molar-refractivity contribution in [1.82, 2.24) is 66.8 Å². The molecule has 2 aliphatic rings. The van der Waals surface area contributed by atoms with Crippen molar-refractivity contribution in [1.29, 1.82) is 0 Å². The zero-order chi connectivity index (χ0) is 65.8. The zero-order valence-corrected chi connectivity index (χ0v) is 54.3. The van der Waals surface area contributed by atoms with Crippen LogP contribution in [0.1, 0.15) is 111 Å². The molecule has 2 aliphatic heterocycles. The molecule has 10 bridgehead atoms. The number of aromatic nitrogens is 7. The molecule has 0 radical (unpaired) electrons. The van der Waals surface area contributed by atoms with Crippen LogP contribution in [0.4, 0.5) is 0 Å². The second kappa shape index (κ2) is 28.1. The fourth-order valence-corrected chi connectivity index (χ4v) is 14.8. The van der Waals surface area contributed by atoms with Gasteiger partial charge in [-0.3, -0.25) is 33.6 Å². The summed E-state index contributed by atoms with van der Waals surface area (Å²) in [7, 11) is 2.64. The molecule has 2 aromatic carbocycles. The van der Waals surface area contributed by atoms with Gasteiger partial charge in [0.1, 0.15) is 99.5 Å². The van der Waals surface area contributed by atoms with E-state index in [-0.39, 0.29) is 67.6 Å². The number of nitrogens with one attached hydrogen (secondary N) is 6. The van der Waals surface area contributed by atoms with Crippen molar-refractivity contribution in [2.45, 2.75) is 63.1 Å². The number of ether oxygens (including phenoxy) is 3. The van der Waals surface area contributed by atoms with E-state index in [2.05, 4.69) is 64.7 Å². The molecule has 1 fully saturated rings. The lowest BCUT2D eigenvalue weighted by Crippen LogP contribution is -2.50. The third-order valence-electron chi connectivity index (χ3n) is 14.6. The maximum absolute atomic E-state index is 15.0. The maximum Gasteiger partial charge on any atom is 0.353 e. The van der Waals surface area contributed by atoms with Gasteiger partial charge in [0.15, 0.2) is 0 Å². The van der Waals surface area contributed by atoms with Crippen LogP contribution in [0.3, 0.4) is 0 Å². The molecule has 9 aromatic rings. The van der Waals surface area contributed by atoms with Gasteiger partial charge in [-0.05, 0) is 42.3 Å². The minimum atomic E-state index is -1.41. The van der Waals surface area contributed by atoms with Gasteiger partial charge in [-0.1, -0.05) is 62.5 Å². The summed E-state index contributed by atoms with van der Waals surface area (Å²) in [5.41, 5.74) is 7.55. The van der Waals surface area contributed by atoms with Crippen LogP contribution in [-0.4, -0.2) is 120 Å². The molecule has 0 saturated carbocycles. The molecule has 0 aliphatic carbocycles. The molecule has 0 spiro atoms. The number of esters is 1. The summed E-state index contributed by atoms with van der Waals surface area (Å²) in [6, 6.07) is 14.6. The number of pyridine rings is 1. The molecule has 0 unspecified atom stereocenters. The molecule has 9 heterocycles. The topological polar surface area (TPSA) is 376 Å². The third kappa shape index (κ3) is 14.8. The van der Waals surface area contributed by atoms with Crippen molar-refractivity contribution >= 4 is 115 Å². The van der Waals surface area contributed by atoms with E-state index in [1.54, 1.807) is 79.0 Å². The van der Waals surface area contributed by atoms with E-state index in [1.165, 1.54) is 45.9 Å². The number of amides is 7. The van der Waals surface area contributed by atoms with Crippen molar-refractivity contribution in [2.24, 2.45) is 11.7 Å². The molecular formula is C61H54N14O12S6. The van der Waals surface area contributed by atoms with Crippen molar-refractivity contribution in [3.8, 4) is 49.1 Å². The molecule has 26 nitrogen and oxygen atoms in total. The Hall–Kier alpha value is -9.67. The minimum Gasteiger partial charge on any atom is -0.497 e. The number of fused-ring (bicyclic) bond motifs is 14. The van der Waals surface area contributed by atoms with Crippen LogP contribution in [0.15, 0.2) is 118 Å². The number of carbonyl (C=O) groups is 8. The highest BCUT2D eigenvalue weighted by Gasteiger charge is 2.40. The normalized spacial score (nSPS) is 18.1. The van der Waals surface area contributed by atoms with Crippen LogP contribution < -0.4 is 42.4 Å². The number of aliphatic hydroxyl groups is 1. The lowest BCUT2D eigenvalue weighted by Gasteiger charge is -2.26. The first-order valence-electron chi connectivity index (χ1n) is 28.1. The van der Waals surface area contributed by atoms with Gasteiger partial charge < -0.3 is 57.0 Å². The Kier molecular flexibility index (Phi) is 19.6. The van der Waals surface area contributed by atoms with Crippen LogP contribution in [0, 0.1) is 12.8 Å². The number of benzene rings is 2. The Morgan fingerprint density at radius 1 is 0.667 bits per heavy atom. The molecule has 7 aromatic heterocycles. The van der Waals surface area contributed by atoms with E-state index in [0.717, 1.165) is 52.5 Å². The summed E-state index contributed by atoms with van der Waals surface area (Å²) >= 11 is 6.75. The number of rotatable bonds is 15. The first-order chi connectivity index (χ1) is 44.7. The predicted molar refractivity (Wildman–Crippen MR) is 347 cm³/mol. The highest BCUT2D eigenvalue weighted by Crippen LogP contribution is 2.41. The number of thiazole rings is 6. The number of carbonyl (C=O) groups excluding carboxylic acids is 8. The number of hydrogen-bond donors (Lipinski definition) is 8. The van der Waals surface area contributed by atoms with Gasteiger partial charge in [0.25, 0.3) is 29.5 Å². The Labute approximate surface area is 552 Å². The number of aliphatic hydroxyl groups excluding tert-OH is 1. The average Bonchev–Trinajstić information content (AvgIpc) is 1.74. The molecule has 93 heavy (non-hydrogen) atoms. The van der Waals surface area contributed by atoms with Crippen LogP contribution in [0.5, 0.6) is 5.75 Å². The molecule has 7 amide bonds. The standard InChI is InChI=1S/C61H54N14O12S6/c1-26(42-20-87-42)44-59-72-41(25-92-59)57-68-37(21-89-57)46-33(16-17-34(65-46)56-70-38(23-90-56)51(80)63-27(2)49(78)64-28(3)61(84)86-6)55-69-39(22-88-55)53(82)67-36(19-43(62)76)58-75-45(29(4)93-58)54(83)74-47(48(77)31-10-8-7-9-11-31)60-71-40(24-91-60)52(81)66-35(50(79)73-44)18-30-12-14-32(85-5)15-13-30/h7-17,21-26,35-36,42,44,47-48,77H,2-3,18-20H2,1,4-6H3,(H2,62,76)(H,63,80)(H,64,78)(H,66,81)(H,67,82)(H,73,79)(H,74,83)/t26-,35-,36-,42+,44-,47-,48+/m0/s1. The second-order valence-electron chi connectivity index (χ2n) is 21.0. The third-order valence-corrected chi connectivity index (χ3v) is 20.1. The van der Waals surface area contributed by atoms with E-state index >= 15 is 0 Å². The van der Waals surface area contributed by atoms with Crippen LogP contribution in [0.25, 0.3) is 43.4 Å². The molecule has 7 atom stereocenters. The van der Waals surface area contributed by atoms with E-state index in [9.17, 15) is 43.5 Å². The Balaban J connectivity index is 0.980. The molecular weight excluding hydrogens is 1310 g/mol. The Morgan fingerprint density at radius 2 is 1.30 bits per heavy atom. The van der Waals surface area contributed by atoms with Crippen molar-refractivity contribution < 1.29 is 57.7 Å². The minimum absolute atomic E-state index is 0.0295. The summed E-state index contributed by atoms with van der Waals surface area (Å²) in [6.07, 6.45) is -2.03. The number of epoxide rings is 1. The first-order valence-corrected chi connectivity index (χ1v) is 33.3. The number of primary amides is 1. The highest BCUT2D eigenvalue weighted by atomic mass is 32.1. The molecule has 1 saturated heterocycles. The molecule has 476 valence electrons. The number of nitrogens with two attached hydrogens (primary N) is 1. The smallest absolute Gasteiger partial charge is 0.353 e. The van der Waals surface area contributed by atoms with Gasteiger partial charge in [-0.25, -0.2) is 39.7 Å². The Morgan fingerprint density at radius 3 is 2.01 bits per heavy atom. The SMILES string of the molecule is C=C(NC(=O)c1csc(-c2ccc3c(n2)-c2csc(n2)-c2csc(n2)[C@H]([C@@H](C)[C@H]2CO2)NC(=O)[C@H](Cc2ccc(OC)cc2)NC(=O)c2csc(n2)[C@H]([C@H](O)c2ccccc2)NC(=O)c2nc(sc2C)[C@H](CC(N)=O)NC(=O)c2csc-3n2)n1)C(=O)NC(=C)C(=O)OC. The van der Waals surface area contributed by atoms with Gasteiger partial charge in [-0.2, -0.15) is 0 Å². The van der Waals surface area contributed by atoms with Crippen LogP contribution in [-0.2, 0) is 35.1 Å². The van der Waals surface area contributed by atoms with Crippen molar-refractivity contribution in [3.05, 3.63) is 172 Å². The summed E-state index contributed by atoms with van der Waals surface area (Å²) in [4.78, 5) is 143. The van der Waals surface area contributed by atoms with Gasteiger partial charge in [0.2, 0.25) is 11.8 Å². The summed E-state index contributed by atoms with van der Waals surface area (Å²) < 4.78 is 15.7. The highest BCUT2D eigenvalue weighted by molar-refractivity contribution is 7.15. The fourth-order valence-electron chi connectivity index (χ4n) is 9.57. The summed E-state index contributed by atoms with van der Waals surface area (Å²) in [5, 5.41) is 38.3. The quantitative estimate of drug-likeness (QED) is 0.0292. The molecule has 9 N–H and O–H groups in total. The number of methoxy groups -OCH3 is 2. The van der Waals surface area contributed by atoms with E-state index in [4.69, 9.17) is 35.1 Å². The lowest BCUT2D eigenvalue weighted by atomic mass is 9.97. The van der Waals surface area contributed by atoms with Gasteiger partial charge in [-0.15, -0.1) is 68.0 Å². The van der Waals surface area contributed by atoms with E-state index < -0.39 is 89.7 Å². The monoisotopic (exact) mass is 1370 g/mol. The van der Waals surface area contributed by atoms with Crippen LogP contribution >= 0.6 is 68.0 Å². The van der Waals surface area contributed by atoms with Gasteiger partial charge >= 0.3 is 5.97 Å². The fraction of sp³-hybridized carbons (Fsp3) is 0.230. The van der Waals surface area contributed by atoms with Gasteiger partial charge in [0, 0.05) is 49.7 Å². The number of hydrogen-bond acceptors (Lipinski definition) is 25. The second-order valence-corrected chi connectivity index (χ2v) is 26.5. The lowest BCUT2D eigenvalue weighted by molar-refractivity contribution is -0.137. The maximum atomic E-state index is 15.0. The molecule has 32 heteroatoms. The number of nitrogens with zero attached hydrogens (tertiary/aromatic N) is 7. The number of aryl methyl sites for hydroxylation is 1. The molecule has 11 rings (SSSR count). The van der Waals surface area contributed by atoms with Crippen molar-refractivity contribution in [3.63, 3.8) is 0 Å². The average molecular weight is 1370 g/mol. The first kappa shape index (κ1) is 64.8. The van der Waals surface area contributed by atoms with Crippen LogP contribution in [0.2, 0.25) is 0 Å². The van der Waals surface area contributed by atoms with E-state index in [1.807, 2.05) is 12.3 Å². The summed E-state index contributed by atoms with van der Waals surface area (Å²) in [6.45, 7) is 11.0. The zero-order valence-electron chi connectivity index (χ0n) is 49.4. The Bertz CT molecular complexity index is 4400. The predicted octanol–water partition coefficient (Wildman–Crippen LogP) is 6.95. The van der Waals surface area contributed by atoms with Crippen molar-refractivity contribution in [2.75, 3.05) is 20.8 Å². The van der Waals surface area contributed by atoms with Gasteiger partial charge in [0.05, 0.1) is 56.8 Å². The van der Waals surface area contributed by atoms with E-state index in [0.29, 0.717) is 66.0 Å². The largest absolute Gasteiger partial charge is 0.497 e.